The minimum absolute atomic E-state index is 0.129. The molecular formula is C17H23N4O3S2+. The van der Waals surface area contributed by atoms with Gasteiger partial charge in [0, 0.05) is 12.8 Å². The second-order valence-electron chi connectivity index (χ2n) is 6.11. The second kappa shape index (κ2) is 8.24. The van der Waals surface area contributed by atoms with Crippen LogP contribution < -0.4 is 9.64 Å². The number of nitrogens with zero attached hydrogens (tertiary/aromatic N) is 3. The van der Waals surface area contributed by atoms with Crippen LogP contribution >= 0.6 is 24.0 Å². The molecule has 1 aromatic heterocycles. The van der Waals surface area contributed by atoms with Crippen molar-refractivity contribution < 1.29 is 19.2 Å². The van der Waals surface area contributed by atoms with Gasteiger partial charge in [-0.1, -0.05) is 12.1 Å². The zero-order valence-electron chi connectivity index (χ0n) is 15.1. The van der Waals surface area contributed by atoms with E-state index < -0.39 is 0 Å². The Hall–Kier alpha value is -1.84. The van der Waals surface area contributed by atoms with Crippen LogP contribution in [0.25, 0.3) is 11.4 Å². The standard InChI is InChI=1S/C17H22N4O3S2/c1-19-15(12-6-4-5-7-13(12)23-2)18-21(17(19)25)11-20-8-9-26-14(10-20)16(22)24-3/h4-7,14H,8-11H2,1-3H3/p+1/t14-/m0/s1. The summed E-state index contributed by atoms with van der Waals surface area (Å²) in [5.74, 6) is 2.28. The number of nitrogens with one attached hydrogen (secondary N) is 1. The maximum Gasteiger partial charge on any atom is 0.324 e. The summed E-state index contributed by atoms with van der Waals surface area (Å²) in [5.41, 5.74) is 0.902. The summed E-state index contributed by atoms with van der Waals surface area (Å²) in [6.45, 7) is 2.29. The predicted octanol–water partition coefficient (Wildman–Crippen LogP) is 0.757. The fraction of sp³-hybridized carbons (Fsp3) is 0.471. The Balaban J connectivity index is 1.84. The highest BCUT2D eigenvalue weighted by Crippen LogP contribution is 2.27. The van der Waals surface area contributed by atoms with Gasteiger partial charge < -0.3 is 18.9 Å². The van der Waals surface area contributed by atoms with Crippen LogP contribution in [0.15, 0.2) is 24.3 Å². The molecule has 1 fully saturated rings. The summed E-state index contributed by atoms with van der Waals surface area (Å²) in [7, 11) is 4.99. The zero-order chi connectivity index (χ0) is 18.7. The Labute approximate surface area is 161 Å². The molecule has 7 nitrogen and oxygen atoms in total. The van der Waals surface area contributed by atoms with Crippen LogP contribution in [0, 0.1) is 4.77 Å². The number of benzene rings is 1. The molecule has 2 atom stereocenters. The number of thioether (sulfide) groups is 1. The lowest BCUT2D eigenvalue weighted by Crippen LogP contribution is -3.14. The molecule has 1 aliphatic heterocycles. The molecule has 140 valence electrons. The lowest BCUT2D eigenvalue weighted by atomic mass is 10.2. The Morgan fingerprint density at radius 2 is 2.19 bits per heavy atom. The molecule has 2 heterocycles. The first kappa shape index (κ1) is 18.9. The maximum atomic E-state index is 11.8. The van der Waals surface area contributed by atoms with Gasteiger partial charge in [-0.2, -0.15) is 4.68 Å². The van der Waals surface area contributed by atoms with Crippen LogP contribution in [0.2, 0.25) is 0 Å². The van der Waals surface area contributed by atoms with Gasteiger partial charge in [-0.3, -0.25) is 4.79 Å². The minimum atomic E-state index is -0.161. The fourth-order valence-electron chi connectivity index (χ4n) is 3.06. The van der Waals surface area contributed by atoms with Crippen molar-refractivity contribution in [2.24, 2.45) is 7.05 Å². The number of carbonyl (C=O) groups is 1. The van der Waals surface area contributed by atoms with Crippen molar-refractivity contribution in [3.63, 3.8) is 0 Å². The van der Waals surface area contributed by atoms with Crippen LogP contribution in [-0.4, -0.2) is 58.6 Å². The summed E-state index contributed by atoms with van der Waals surface area (Å²) in [6.07, 6.45) is 0. The number of ether oxygens (including phenoxy) is 2. The molecule has 0 spiro atoms. The van der Waals surface area contributed by atoms with Crippen molar-refractivity contribution in [1.82, 2.24) is 14.3 Å². The van der Waals surface area contributed by atoms with Gasteiger partial charge in [0.25, 0.3) is 0 Å². The highest BCUT2D eigenvalue weighted by molar-refractivity contribution is 8.00. The van der Waals surface area contributed by atoms with E-state index in [1.165, 1.54) is 12.0 Å². The topological polar surface area (TPSA) is 62.7 Å². The molecule has 26 heavy (non-hydrogen) atoms. The van der Waals surface area contributed by atoms with Gasteiger partial charge in [-0.05, 0) is 24.4 Å². The van der Waals surface area contributed by atoms with Gasteiger partial charge >= 0.3 is 5.97 Å². The van der Waals surface area contributed by atoms with Crippen molar-refractivity contribution in [3.05, 3.63) is 29.0 Å². The molecule has 9 heteroatoms. The van der Waals surface area contributed by atoms with Gasteiger partial charge in [-0.25, -0.2) is 0 Å². The Bertz CT molecular complexity index is 849. The largest absolute Gasteiger partial charge is 0.496 e. The molecular weight excluding hydrogens is 372 g/mol. The van der Waals surface area contributed by atoms with Crippen molar-refractivity contribution in [2.75, 3.05) is 33.1 Å². The van der Waals surface area contributed by atoms with Crippen LogP contribution in [-0.2, 0) is 23.2 Å². The highest BCUT2D eigenvalue weighted by Gasteiger charge is 2.30. The van der Waals surface area contributed by atoms with E-state index in [0.29, 0.717) is 18.0 Å². The number of para-hydroxylation sites is 1. The summed E-state index contributed by atoms with van der Waals surface area (Å²) < 4.78 is 14.7. The van der Waals surface area contributed by atoms with E-state index in [4.69, 9.17) is 26.8 Å². The van der Waals surface area contributed by atoms with E-state index in [1.54, 1.807) is 18.9 Å². The van der Waals surface area contributed by atoms with Crippen molar-refractivity contribution in [1.29, 1.82) is 0 Å². The monoisotopic (exact) mass is 395 g/mol. The third-order valence-corrected chi connectivity index (χ3v) is 6.16. The van der Waals surface area contributed by atoms with Gasteiger partial charge in [0.1, 0.15) is 12.3 Å². The van der Waals surface area contributed by atoms with E-state index in [1.807, 2.05) is 40.6 Å². The summed E-state index contributed by atoms with van der Waals surface area (Å²) >= 11 is 7.23. The Morgan fingerprint density at radius 3 is 2.92 bits per heavy atom. The number of rotatable bonds is 5. The van der Waals surface area contributed by atoms with Crippen molar-refractivity contribution in [3.8, 4) is 17.1 Å². The van der Waals surface area contributed by atoms with Gasteiger partial charge in [0.05, 0.1) is 26.3 Å². The maximum absolute atomic E-state index is 11.8. The first-order valence-corrected chi connectivity index (χ1v) is 9.81. The van der Waals surface area contributed by atoms with E-state index in [0.717, 1.165) is 29.4 Å². The number of hydrogen-bond acceptors (Lipinski definition) is 6. The summed E-state index contributed by atoms with van der Waals surface area (Å²) in [5, 5.41) is 4.59. The lowest BCUT2D eigenvalue weighted by Gasteiger charge is -2.27. The smallest absolute Gasteiger partial charge is 0.324 e. The molecule has 1 aromatic carbocycles. The molecule has 2 aromatic rings. The number of quaternary nitrogens is 1. The van der Waals surface area contributed by atoms with Crippen LogP contribution in [0.1, 0.15) is 0 Å². The average molecular weight is 396 g/mol. The zero-order valence-corrected chi connectivity index (χ0v) is 16.7. The van der Waals surface area contributed by atoms with Crippen LogP contribution in [0.5, 0.6) is 5.75 Å². The molecule has 0 saturated carbocycles. The summed E-state index contributed by atoms with van der Waals surface area (Å²) in [6, 6.07) is 7.76. The third kappa shape index (κ3) is 3.79. The SMILES string of the molecule is COC(=O)[C@@H]1C[NH+](Cn2nc(-c3ccccc3OC)n(C)c2=S)CCS1. The molecule has 0 amide bonds. The van der Waals surface area contributed by atoms with Gasteiger partial charge in [-0.15, -0.1) is 16.9 Å². The summed E-state index contributed by atoms with van der Waals surface area (Å²) in [4.78, 5) is 13.1. The van der Waals surface area contributed by atoms with E-state index in [-0.39, 0.29) is 11.2 Å². The second-order valence-corrected chi connectivity index (χ2v) is 7.79. The van der Waals surface area contributed by atoms with E-state index in [2.05, 4.69) is 0 Å². The fourth-order valence-corrected chi connectivity index (χ4v) is 4.53. The molecule has 1 aliphatic rings. The average Bonchev–Trinajstić information content (AvgIpc) is 2.95. The van der Waals surface area contributed by atoms with Crippen molar-refractivity contribution in [2.45, 2.75) is 11.9 Å². The normalized spacial score (nSPS) is 20.0. The van der Waals surface area contributed by atoms with Crippen LogP contribution in [0.4, 0.5) is 0 Å². The molecule has 1 unspecified atom stereocenters. The molecule has 1 N–H and O–H groups in total. The number of carbonyl (C=O) groups excluding carboxylic acids is 1. The number of aromatic nitrogens is 3. The lowest BCUT2D eigenvalue weighted by molar-refractivity contribution is -0.921. The molecule has 0 aliphatic carbocycles. The first-order valence-electron chi connectivity index (χ1n) is 8.35. The van der Waals surface area contributed by atoms with E-state index >= 15 is 0 Å². The number of methoxy groups -OCH3 is 2. The highest BCUT2D eigenvalue weighted by atomic mass is 32.2. The van der Waals surface area contributed by atoms with Gasteiger partial charge in [0.2, 0.25) is 4.77 Å². The Morgan fingerprint density at radius 1 is 1.42 bits per heavy atom. The van der Waals surface area contributed by atoms with Crippen LogP contribution in [0.3, 0.4) is 0 Å². The first-order chi connectivity index (χ1) is 12.5. The van der Waals surface area contributed by atoms with Gasteiger partial charge in [0.15, 0.2) is 17.7 Å². The quantitative estimate of drug-likeness (QED) is 0.596. The molecule has 3 rings (SSSR count). The molecule has 0 bridgehead atoms. The minimum Gasteiger partial charge on any atom is -0.496 e. The predicted molar refractivity (Wildman–Crippen MR) is 103 cm³/mol. The third-order valence-electron chi connectivity index (χ3n) is 4.47. The Kier molecular flexibility index (Phi) is 6.00. The molecule has 1 saturated heterocycles. The van der Waals surface area contributed by atoms with Crippen molar-refractivity contribution >= 4 is 29.9 Å². The van der Waals surface area contributed by atoms with E-state index in [9.17, 15) is 4.79 Å². The number of hydrogen-bond donors (Lipinski definition) is 1. The molecule has 0 radical (unpaired) electrons. The number of esters is 1.